The standard InChI is InChI=1S/C16H13F2N5O4S/c1-28-16-21-20-15(14(17)18)22(16)19-8-12-6-7-13(27-12)9-26-11-4-2-10(3-5-11)23(24)25/h2-8,14H,9H2,1H3/b19-8+. The molecule has 2 heterocycles. The molecule has 9 nitrogen and oxygen atoms in total. The molecular weight excluding hydrogens is 396 g/mol. The highest BCUT2D eigenvalue weighted by molar-refractivity contribution is 7.98. The minimum atomic E-state index is -2.81. The summed E-state index contributed by atoms with van der Waals surface area (Å²) in [5.74, 6) is 0.660. The van der Waals surface area contributed by atoms with Crippen molar-refractivity contribution in [3.05, 3.63) is 63.9 Å². The van der Waals surface area contributed by atoms with Gasteiger partial charge in [0.25, 0.3) is 12.1 Å². The molecule has 0 saturated carbocycles. The lowest BCUT2D eigenvalue weighted by atomic mass is 10.3. The van der Waals surface area contributed by atoms with Crippen molar-refractivity contribution >= 4 is 23.7 Å². The van der Waals surface area contributed by atoms with Crippen LogP contribution in [-0.2, 0) is 6.61 Å². The average molecular weight is 409 g/mol. The molecule has 12 heteroatoms. The molecule has 0 amide bonds. The third kappa shape index (κ3) is 4.52. The summed E-state index contributed by atoms with van der Waals surface area (Å²) in [6.07, 6.45) is 0.128. The summed E-state index contributed by atoms with van der Waals surface area (Å²) in [6, 6.07) is 8.86. The number of hydrogen-bond donors (Lipinski definition) is 0. The number of alkyl halides is 2. The number of nitro benzene ring substituents is 1. The second-order valence-corrected chi connectivity index (χ2v) is 6.02. The Morgan fingerprint density at radius 2 is 2.07 bits per heavy atom. The molecule has 0 spiro atoms. The Kier molecular flexibility index (Phi) is 5.99. The largest absolute Gasteiger partial charge is 0.486 e. The molecule has 0 radical (unpaired) electrons. The van der Waals surface area contributed by atoms with E-state index < -0.39 is 17.2 Å². The molecule has 3 rings (SSSR count). The molecule has 28 heavy (non-hydrogen) atoms. The first-order valence-corrected chi connectivity index (χ1v) is 8.98. The van der Waals surface area contributed by atoms with E-state index in [9.17, 15) is 18.9 Å². The number of aromatic nitrogens is 3. The Morgan fingerprint density at radius 3 is 2.71 bits per heavy atom. The van der Waals surface area contributed by atoms with Gasteiger partial charge < -0.3 is 9.15 Å². The van der Waals surface area contributed by atoms with E-state index in [1.54, 1.807) is 18.4 Å². The van der Waals surface area contributed by atoms with Crippen LogP contribution in [0.1, 0.15) is 23.8 Å². The third-order valence-electron chi connectivity index (χ3n) is 3.43. The molecule has 0 N–H and O–H groups in total. The van der Waals surface area contributed by atoms with Crippen LogP contribution in [-0.4, -0.2) is 32.3 Å². The normalized spacial score (nSPS) is 11.4. The predicted molar refractivity (Wildman–Crippen MR) is 95.9 cm³/mol. The zero-order valence-corrected chi connectivity index (χ0v) is 15.2. The van der Waals surface area contributed by atoms with Gasteiger partial charge in [-0.05, 0) is 30.5 Å². The van der Waals surface area contributed by atoms with E-state index in [0.717, 1.165) is 16.4 Å². The highest BCUT2D eigenvalue weighted by Gasteiger charge is 2.19. The lowest BCUT2D eigenvalue weighted by Gasteiger charge is -2.03. The van der Waals surface area contributed by atoms with Crippen LogP contribution >= 0.6 is 11.8 Å². The molecule has 0 saturated heterocycles. The molecule has 3 aromatic rings. The van der Waals surface area contributed by atoms with E-state index in [1.807, 2.05) is 0 Å². The smallest absolute Gasteiger partial charge is 0.299 e. The maximum absolute atomic E-state index is 13.0. The predicted octanol–water partition coefficient (Wildman–Crippen LogP) is 3.90. The number of furan rings is 1. The van der Waals surface area contributed by atoms with Gasteiger partial charge in [-0.3, -0.25) is 10.1 Å². The van der Waals surface area contributed by atoms with Crippen molar-refractivity contribution in [3.8, 4) is 5.75 Å². The highest BCUT2D eigenvalue weighted by atomic mass is 32.2. The number of benzene rings is 1. The molecular formula is C16H13F2N5O4S. The lowest BCUT2D eigenvalue weighted by molar-refractivity contribution is -0.384. The van der Waals surface area contributed by atoms with Crippen LogP contribution in [0.25, 0.3) is 0 Å². The number of ether oxygens (including phenoxy) is 1. The number of hydrogen-bond acceptors (Lipinski definition) is 8. The Bertz CT molecular complexity index is 987. The second-order valence-electron chi connectivity index (χ2n) is 5.25. The van der Waals surface area contributed by atoms with Crippen LogP contribution in [0, 0.1) is 10.1 Å². The number of rotatable bonds is 8. The van der Waals surface area contributed by atoms with Crippen molar-refractivity contribution in [2.45, 2.75) is 18.2 Å². The zero-order chi connectivity index (χ0) is 20.1. The Morgan fingerprint density at radius 1 is 1.32 bits per heavy atom. The Balaban J connectivity index is 1.65. The summed E-state index contributed by atoms with van der Waals surface area (Å²) in [6.45, 7) is 0.0800. The quantitative estimate of drug-likeness (QED) is 0.240. The van der Waals surface area contributed by atoms with Crippen molar-refractivity contribution in [1.82, 2.24) is 14.9 Å². The topological polar surface area (TPSA) is 109 Å². The summed E-state index contributed by atoms with van der Waals surface area (Å²) in [5.41, 5.74) is -0.0365. The van der Waals surface area contributed by atoms with E-state index in [4.69, 9.17) is 9.15 Å². The summed E-state index contributed by atoms with van der Waals surface area (Å²) < 4.78 is 37.9. The summed E-state index contributed by atoms with van der Waals surface area (Å²) in [5, 5.41) is 21.9. The van der Waals surface area contributed by atoms with Crippen molar-refractivity contribution < 1.29 is 22.9 Å². The molecule has 0 aliphatic heterocycles. The molecule has 2 aromatic heterocycles. The van der Waals surface area contributed by atoms with E-state index in [2.05, 4.69) is 15.3 Å². The molecule has 0 atom stereocenters. The van der Waals surface area contributed by atoms with E-state index >= 15 is 0 Å². The number of nitro groups is 1. The molecule has 0 unspecified atom stereocenters. The van der Waals surface area contributed by atoms with Gasteiger partial charge in [0.05, 0.1) is 11.1 Å². The summed E-state index contributed by atoms with van der Waals surface area (Å²) in [7, 11) is 0. The Labute approximate surface area is 161 Å². The van der Waals surface area contributed by atoms with Crippen LogP contribution < -0.4 is 4.74 Å². The van der Waals surface area contributed by atoms with E-state index in [1.165, 1.54) is 30.5 Å². The minimum Gasteiger partial charge on any atom is -0.486 e. The minimum absolute atomic E-state index is 0.0365. The second kappa shape index (κ2) is 8.61. The first-order valence-electron chi connectivity index (χ1n) is 7.75. The van der Waals surface area contributed by atoms with Crippen LogP contribution in [0.3, 0.4) is 0 Å². The van der Waals surface area contributed by atoms with Crippen LogP contribution in [0.4, 0.5) is 14.5 Å². The van der Waals surface area contributed by atoms with Gasteiger partial charge in [0.1, 0.15) is 23.9 Å². The fourth-order valence-corrected chi connectivity index (χ4v) is 2.56. The number of thioether (sulfide) groups is 1. The van der Waals surface area contributed by atoms with Gasteiger partial charge in [0.2, 0.25) is 11.0 Å². The summed E-state index contributed by atoms with van der Waals surface area (Å²) >= 11 is 1.13. The molecule has 0 aliphatic carbocycles. The first-order chi connectivity index (χ1) is 13.5. The Hall–Kier alpha value is -3.28. The molecule has 0 aliphatic rings. The lowest BCUT2D eigenvalue weighted by Crippen LogP contribution is -2.00. The van der Waals surface area contributed by atoms with Gasteiger partial charge >= 0.3 is 0 Å². The van der Waals surface area contributed by atoms with E-state index in [0.29, 0.717) is 17.3 Å². The van der Waals surface area contributed by atoms with Gasteiger partial charge in [-0.25, -0.2) is 8.78 Å². The maximum atomic E-state index is 13.0. The van der Waals surface area contributed by atoms with Crippen molar-refractivity contribution in [1.29, 1.82) is 0 Å². The van der Waals surface area contributed by atoms with Crippen LogP contribution in [0.15, 0.2) is 51.1 Å². The van der Waals surface area contributed by atoms with E-state index in [-0.39, 0.29) is 17.5 Å². The fraction of sp³-hybridized carbons (Fsp3) is 0.188. The highest BCUT2D eigenvalue weighted by Crippen LogP contribution is 2.22. The van der Waals surface area contributed by atoms with Crippen LogP contribution in [0.5, 0.6) is 5.75 Å². The first kappa shape index (κ1) is 19.5. The molecule has 146 valence electrons. The average Bonchev–Trinajstić information content (AvgIpc) is 3.31. The van der Waals surface area contributed by atoms with Gasteiger partial charge in [0.15, 0.2) is 0 Å². The van der Waals surface area contributed by atoms with Crippen molar-refractivity contribution in [3.63, 3.8) is 0 Å². The number of non-ortho nitro benzene ring substituents is 1. The third-order valence-corrected chi connectivity index (χ3v) is 4.05. The fourth-order valence-electron chi connectivity index (χ4n) is 2.12. The van der Waals surface area contributed by atoms with Gasteiger partial charge in [-0.2, -0.15) is 9.78 Å². The number of halogens is 2. The zero-order valence-electron chi connectivity index (χ0n) is 14.4. The van der Waals surface area contributed by atoms with Crippen molar-refractivity contribution in [2.75, 3.05) is 6.26 Å². The van der Waals surface area contributed by atoms with Gasteiger partial charge in [0, 0.05) is 12.1 Å². The van der Waals surface area contributed by atoms with Gasteiger partial charge in [-0.1, -0.05) is 11.8 Å². The summed E-state index contributed by atoms with van der Waals surface area (Å²) in [4.78, 5) is 10.1. The molecule has 0 fully saturated rings. The monoisotopic (exact) mass is 409 g/mol. The van der Waals surface area contributed by atoms with Gasteiger partial charge in [-0.15, -0.1) is 10.2 Å². The number of nitrogens with zero attached hydrogens (tertiary/aromatic N) is 5. The van der Waals surface area contributed by atoms with Crippen LogP contribution in [0.2, 0.25) is 0 Å². The van der Waals surface area contributed by atoms with Crippen molar-refractivity contribution in [2.24, 2.45) is 5.10 Å². The SMILES string of the molecule is CSc1nnc(C(F)F)n1/N=C/c1ccc(COc2ccc([N+](=O)[O-])cc2)o1. The maximum Gasteiger partial charge on any atom is 0.299 e. The molecule has 1 aromatic carbocycles. The molecule has 0 bridgehead atoms.